The Kier molecular flexibility index (Phi) is 6.69. The van der Waals surface area contributed by atoms with E-state index in [2.05, 4.69) is 5.32 Å². The quantitative estimate of drug-likeness (QED) is 0.452. The zero-order valence-corrected chi connectivity index (χ0v) is 20.0. The molecule has 0 saturated carbocycles. The standard InChI is InChI=1S/C21H18Cl2N2O5S2/c1-21(2,28)20(27)25-19-13(11-6-3-4-7-12(11)18(24)26)10-16(31-19)32(29,30)17-14(22)8-5-9-15(17)23/h3-10,28H,1-2H3,(H2,24,26)(H,25,27). The zero-order chi connectivity index (χ0) is 23.8. The average Bonchev–Trinajstić information content (AvgIpc) is 3.11. The van der Waals surface area contributed by atoms with Gasteiger partial charge in [-0.3, -0.25) is 9.59 Å². The molecule has 0 fully saturated rings. The van der Waals surface area contributed by atoms with Crippen LogP contribution in [0.3, 0.4) is 0 Å². The van der Waals surface area contributed by atoms with Gasteiger partial charge >= 0.3 is 0 Å². The molecule has 2 aromatic carbocycles. The fraction of sp³-hybridized carbons (Fsp3) is 0.143. The topological polar surface area (TPSA) is 127 Å². The minimum absolute atomic E-state index is 0.0629. The van der Waals surface area contributed by atoms with Gasteiger partial charge in [0, 0.05) is 11.1 Å². The summed E-state index contributed by atoms with van der Waals surface area (Å²) in [5, 5.41) is 12.5. The molecule has 0 unspecified atom stereocenters. The highest BCUT2D eigenvalue weighted by Crippen LogP contribution is 2.44. The van der Waals surface area contributed by atoms with Crippen molar-refractivity contribution in [3.63, 3.8) is 0 Å². The number of nitrogens with two attached hydrogens (primary N) is 1. The fourth-order valence-corrected chi connectivity index (χ4v) is 6.69. The van der Waals surface area contributed by atoms with E-state index in [1.165, 1.54) is 44.2 Å². The Morgan fingerprint density at radius 3 is 2.19 bits per heavy atom. The van der Waals surface area contributed by atoms with Gasteiger partial charge in [-0.2, -0.15) is 0 Å². The Morgan fingerprint density at radius 2 is 1.62 bits per heavy atom. The summed E-state index contributed by atoms with van der Waals surface area (Å²) >= 11 is 13.0. The van der Waals surface area contributed by atoms with Gasteiger partial charge in [-0.15, -0.1) is 11.3 Å². The van der Waals surface area contributed by atoms with Crippen molar-refractivity contribution >= 4 is 61.2 Å². The third kappa shape index (κ3) is 4.67. The van der Waals surface area contributed by atoms with Gasteiger partial charge in [-0.05, 0) is 43.7 Å². The van der Waals surface area contributed by atoms with Crippen LogP contribution in [0.4, 0.5) is 5.00 Å². The first-order valence-electron chi connectivity index (χ1n) is 9.10. The van der Waals surface area contributed by atoms with Crippen LogP contribution in [0, 0.1) is 0 Å². The van der Waals surface area contributed by atoms with Crippen LogP contribution in [0.1, 0.15) is 24.2 Å². The van der Waals surface area contributed by atoms with Crippen LogP contribution in [0.5, 0.6) is 0 Å². The molecule has 0 aliphatic heterocycles. The highest BCUT2D eigenvalue weighted by molar-refractivity contribution is 7.93. The number of primary amides is 1. The van der Waals surface area contributed by atoms with Gasteiger partial charge in [0.05, 0.1) is 10.0 Å². The molecule has 11 heteroatoms. The second-order valence-corrected chi connectivity index (χ2v) is 11.3. The van der Waals surface area contributed by atoms with Crippen molar-refractivity contribution < 1.29 is 23.1 Å². The van der Waals surface area contributed by atoms with Gasteiger partial charge in [-0.25, -0.2) is 8.42 Å². The average molecular weight is 513 g/mol. The Bertz CT molecular complexity index is 1310. The number of thiophene rings is 1. The van der Waals surface area contributed by atoms with Crippen molar-refractivity contribution in [3.8, 4) is 11.1 Å². The van der Waals surface area contributed by atoms with Crippen LogP contribution in [-0.2, 0) is 14.6 Å². The summed E-state index contributed by atoms with van der Waals surface area (Å²) in [6, 6.07) is 11.9. The number of nitrogens with one attached hydrogen (secondary N) is 1. The first-order valence-corrected chi connectivity index (χ1v) is 12.2. The summed E-state index contributed by atoms with van der Waals surface area (Å²) in [6.07, 6.45) is 0. The number of hydrogen-bond donors (Lipinski definition) is 3. The number of anilines is 1. The van der Waals surface area contributed by atoms with Gasteiger partial charge in [0.1, 0.15) is 19.7 Å². The molecule has 0 atom stereocenters. The molecule has 32 heavy (non-hydrogen) atoms. The molecular formula is C21H18Cl2N2O5S2. The maximum atomic E-state index is 13.4. The summed E-state index contributed by atoms with van der Waals surface area (Å²) in [5.74, 6) is -1.50. The lowest BCUT2D eigenvalue weighted by Crippen LogP contribution is -2.36. The fourth-order valence-electron chi connectivity index (χ4n) is 2.82. The van der Waals surface area contributed by atoms with E-state index in [4.69, 9.17) is 28.9 Å². The van der Waals surface area contributed by atoms with Crippen LogP contribution in [0.2, 0.25) is 10.0 Å². The number of carbonyl (C=O) groups is 2. The van der Waals surface area contributed by atoms with Crippen LogP contribution in [0.25, 0.3) is 11.1 Å². The smallest absolute Gasteiger partial charge is 0.256 e. The number of aliphatic hydroxyl groups is 1. The SMILES string of the molecule is CC(C)(O)C(=O)Nc1sc(S(=O)(=O)c2c(Cl)cccc2Cl)cc1-c1ccccc1C(N)=O. The van der Waals surface area contributed by atoms with Crippen LogP contribution >= 0.6 is 34.5 Å². The highest BCUT2D eigenvalue weighted by atomic mass is 35.5. The normalized spacial score (nSPS) is 11.9. The molecule has 0 bridgehead atoms. The van der Waals surface area contributed by atoms with Crippen LogP contribution in [-0.4, -0.2) is 30.9 Å². The number of hydrogen-bond acceptors (Lipinski definition) is 6. The number of benzene rings is 2. The molecule has 0 aliphatic carbocycles. The van der Waals surface area contributed by atoms with E-state index in [0.717, 1.165) is 11.3 Å². The lowest BCUT2D eigenvalue weighted by molar-refractivity contribution is -0.130. The molecule has 0 aliphatic rings. The first kappa shape index (κ1) is 24.2. The molecule has 2 amide bonds. The Balaban J connectivity index is 2.27. The molecule has 4 N–H and O–H groups in total. The van der Waals surface area contributed by atoms with Crippen LogP contribution < -0.4 is 11.1 Å². The largest absolute Gasteiger partial charge is 0.381 e. The minimum Gasteiger partial charge on any atom is -0.381 e. The summed E-state index contributed by atoms with van der Waals surface area (Å²) in [6.45, 7) is 2.57. The second-order valence-electron chi connectivity index (χ2n) is 7.29. The molecule has 0 saturated heterocycles. The van der Waals surface area contributed by atoms with Gasteiger partial charge < -0.3 is 16.2 Å². The van der Waals surface area contributed by atoms with Crippen molar-refractivity contribution in [2.45, 2.75) is 28.6 Å². The summed E-state index contributed by atoms with van der Waals surface area (Å²) in [7, 11) is -4.19. The molecule has 0 spiro atoms. The monoisotopic (exact) mass is 512 g/mol. The third-order valence-corrected chi connectivity index (χ3v) is 8.66. The van der Waals surface area contributed by atoms with E-state index in [-0.39, 0.29) is 35.3 Å². The Morgan fingerprint density at radius 1 is 1.03 bits per heavy atom. The molecule has 1 heterocycles. The van der Waals surface area contributed by atoms with Crippen molar-refractivity contribution in [2.75, 3.05) is 5.32 Å². The van der Waals surface area contributed by atoms with Crippen molar-refractivity contribution in [1.82, 2.24) is 0 Å². The van der Waals surface area contributed by atoms with Crippen molar-refractivity contribution in [2.24, 2.45) is 5.73 Å². The Labute approximate surface area is 198 Å². The predicted molar refractivity (Wildman–Crippen MR) is 125 cm³/mol. The molecule has 3 rings (SSSR count). The number of rotatable bonds is 6. The number of amides is 2. The van der Waals surface area contributed by atoms with E-state index >= 15 is 0 Å². The maximum absolute atomic E-state index is 13.4. The molecule has 0 radical (unpaired) electrons. The Hall–Kier alpha value is -2.43. The second kappa shape index (κ2) is 8.84. The van der Waals surface area contributed by atoms with E-state index < -0.39 is 27.3 Å². The zero-order valence-electron chi connectivity index (χ0n) is 16.8. The molecule has 1 aromatic heterocycles. The van der Waals surface area contributed by atoms with E-state index in [1.54, 1.807) is 18.2 Å². The van der Waals surface area contributed by atoms with Gasteiger partial charge in [-0.1, -0.05) is 47.5 Å². The van der Waals surface area contributed by atoms with E-state index in [0.29, 0.717) is 5.56 Å². The summed E-state index contributed by atoms with van der Waals surface area (Å²) < 4.78 is 26.5. The highest BCUT2D eigenvalue weighted by Gasteiger charge is 2.31. The molecular weight excluding hydrogens is 495 g/mol. The van der Waals surface area contributed by atoms with Crippen LogP contribution in [0.15, 0.2) is 57.6 Å². The van der Waals surface area contributed by atoms with Crippen molar-refractivity contribution in [1.29, 1.82) is 0 Å². The summed E-state index contributed by atoms with van der Waals surface area (Å²) in [5.41, 5.74) is 4.42. The predicted octanol–water partition coefficient (Wildman–Crippen LogP) is 4.36. The lowest BCUT2D eigenvalue weighted by Gasteiger charge is -2.17. The van der Waals surface area contributed by atoms with E-state index in [1.807, 2.05) is 0 Å². The lowest BCUT2D eigenvalue weighted by atomic mass is 10.0. The van der Waals surface area contributed by atoms with Crippen molar-refractivity contribution in [3.05, 3.63) is 64.1 Å². The third-order valence-electron chi connectivity index (χ3n) is 4.43. The first-order chi connectivity index (χ1) is 14.8. The maximum Gasteiger partial charge on any atom is 0.256 e. The van der Waals surface area contributed by atoms with Gasteiger partial charge in [0.25, 0.3) is 5.91 Å². The van der Waals surface area contributed by atoms with Gasteiger partial charge in [0.2, 0.25) is 15.7 Å². The van der Waals surface area contributed by atoms with E-state index in [9.17, 15) is 23.1 Å². The molecule has 7 nitrogen and oxygen atoms in total. The molecule has 168 valence electrons. The number of carbonyl (C=O) groups excluding carboxylic acids is 2. The van der Waals surface area contributed by atoms with Gasteiger partial charge in [0.15, 0.2) is 0 Å². The number of sulfone groups is 1. The number of halogens is 2. The minimum atomic E-state index is -4.19. The summed E-state index contributed by atoms with van der Waals surface area (Å²) in [4.78, 5) is 24.1. The molecule has 3 aromatic rings.